The number of halogens is 2. The Morgan fingerprint density at radius 3 is 2.89 bits per heavy atom. The molecule has 5 heteroatoms. The first kappa shape index (κ1) is 15.5. The van der Waals surface area contributed by atoms with Crippen LogP contribution in [0.25, 0.3) is 0 Å². The molecule has 1 aromatic carbocycles. The Kier molecular flexibility index (Phi) is 6.68. The monoisotopic (exact) mass is 333 g/mol. The van der Waals surface area contributed by atoms with E-state index in [1.54, 1.807) is 19.2 Å². The third-order valence-corrected chi connectivity index (χ3v) is 3.30. The molecule has 0 saturated heterocycles. The third-order valence-electron chi connectivity index (χ3n) is 2.60. The van der Waals surface area contributed by atoms with Gasteiger partial charge in [-0.25, -0.2) is 0 Å². The van der Waals surface area contributed by atoms with Gasteiger partial charge in [0.05, 0.1) is 12.6 Å². The zero-order chi connectivity index (χ0) is 13.5. The fourth-order valence-electron chi connectivity index (χ4n) is 1.63. The summed E-state index contributed by atoms with van der Waals surface area (Å²) in [5.41, 5.74) is 1.52. The van der Waals surface area contributed by atoms with E-state index >= 15 is 0 Å². The van der Waals surface area contributed by atoms with Gasteiger partial charge in [0.15, 0.2) is 0 Å². The van der Waals surface area contributed by atoms with Crippen LogP contribution in [0.15, 0.2) is 18.2 Å². The van der Waals surface area contributed by atoms with E-state index in [1.165, 1.54) is 0 Å². The minimum atomic E-state index is -0.113. The van der Waals surface area contributed by atoms with Crippen molar-refractivity contribution >= 4 is 33.4 Å². The van der Waals surface area contributed by atoms with Gasteiger partial charge < -0.3 is 10.1 Å². The second-order valence-corrected chi connectivity index (χ2v) is 5.29. The Hall–Kier alpha value is -0.580. The molecule has 0 spiro atoms. The van der Waals surface area contributed by atoms with Crippen LogP contribution in [0.5, 0.6) is 0 Å². The second kappa shape index (κ2) is 7.77. The maximum Gasteiger partial charge on any atom is 0.251 e. The Bertz CT molecular complexity index is 406. The standard InChI is InChI=1S/C13H17BrClNO2/c1-9-3-4-10(15)7-12(9)13(17)16-11(5-6-14)8-18-2/h3-4,7,11H,5-6,8H2,1-2H3,(H,16,17). The lowest BCUT2D eigenvalue weighted by Crippen LogP contribution is -2.38. The fourth-order valence-corrected chi connectivity index (χ4v) is 2.36. The highest BCUT2D eigenvalue weighted by atomic mass is 79.9. The Labute approximate surface area is 121 Å². The van der Waals surface area contributed by atoms with E-state index in [0.29, 0.717) is 17.2 Å². The van der Waals surface area contributed by atoms with Crippen molar-refractivity contribution in [3.8, 4) is 0 Å². The van der Waals surface area contributed by atoms with Gasteiger partial charge in [0, 0.05) is 23.0 Å². The third kappa shape index (κ3) is 4.59. The Morgan fingerprint density at radius 2 is 2.28 bits per heavy atom. The molecule has 1 aromatic rings. The van der Waals surface area contributed by atoms with Crippen molar-refractivity contribution in [2.24, 2.45) is 0 Å². The van der Waals surface area contributed by atoms with Crippen LogP contribution in [0.4, 0.5) is 0 Å². The van der Waals surface area contributed by atoms with Crippen molar-refractivity contribution < 1.29 is 9.53 Å². The molecule has 1 amide bonds. The lowest BCUT2D eigenvalue weighted by atomic mass is 10.1. The number of hydrogen-bond acceptors (Lipinski definition) is 2. The summed E-state index contributed by atoms with van der Waals surface area (Å²) in [6.07, 6.45) is 0.819. The van der Waals surface area contributed by atoms with Crippen molar-refractivity contribution in [1.29, 1.82) is 0 Å². The summed E-state index contributed by atoms with van der Waals surface area (Å²) in [6, 6.07) is 5.30. The number of rotatable bonds is 6. The van der Waals surface area contributed by atoms with Crippen LogP contribution in [0.1, 0.15) is 22.3 Å². The summed E-state index contributed by atoms with van der Waals surface area (Å²) in [5.74, 6) is -0.113. The van der Waals surface area contributed by atoms with Crippen LogP contribution in [0.3, 0.4) is 0 Å². The number of benzene rings is 1. The van der Waals surface area contributed by atoms with Crippen LogP contribution in [-0.4, -0.2) is 31.0 Å². The first-order chi connectivity index (χ1) is 8.58. The molecule has 1 N–H and O–H groups in total. The number of carbonyl (C=O) groups excluding carboxylic acids is 1. The summed E-state index contributed by atoms with van der Waals surface area (Å²) in [6.45, 7) is 2.39. The molecule has 0 aliphatic rings. The highest BCUT2D eigenvalue weighted by molar-refractivity contribution is 9.09. The van der Waals surface area contributed by atoms with E-state index in [9.17, 15) is 4.79 Å². The average molecular weight is 335 g/mol. The van der Waals surface area contributed by atoms with Gasteiger partial charge in [-0.3, -0.25) is 4.79 Å². The van der Waals surface area contributed by atoms with E-state index < -0.39 is 0 Å². The van der Waals surface area contributed by atoms with Gasteiger partial charge in [0.25, 0.3) is 5.91 Å². The Morgan fingerprint density at radius 1 is 1.56 bits per heavy atom. The number of amides is 1. The van der Waals surface area contributed by atoms with Crippen molar-refractivity contribution in [1.82, 2.24) is 5.32 Å². The molecule has 0 bridgehead atoms. The average Bonchev–Trinajstić information content (AvgIpc) is 2.33. The molecule has 0 aromatic heterocycles. The van der Waals surface area contributed by atoms with E-state index in [0.717, 1.165) is 17.3 Å². The number of methoxy groups -OCH3 is 1. The molecule has 0 fully saturated rings. The molecular weight excluding hydrogens is 318 g/mol. The van der Waals surface area contributed by atoms with Gasteiger partial charge in [-0.2, -0.15) is 0 Å². The molecule has 1 atom stereocenters. The Balaban J connectivity index is 2.76. The molecule has 18 heavy (non-hydrogen) atoms. The van der Waals surface area contributed by atoms with Crippen LogP contribution < -0.4 is 5.32 Å². The van der Waals surface area contributed by atoms with E-state index in [-0.39, 0.29) is 11.9 Å². The van der Waals surface area contributed by atoms with Gasteiger partial charge in [0.2, 0.25) is 0 Å². The first-order valence-corrected chi connectivity index (χ1v) is 7.20. The summed E-state index contributed by atoms with van der Waals surface area (Å²) in [7, 11) is 1.62. The van der Waals surface area contributed by atoms with Crippen molar-refractivity contribution in [3.63, 3.8) is 0 Å². The largest absolute Gasteiger partial charge is 0.383 e. The molecule has 0 radical (unpaired) electrons. The fraction of sp³-hybridized carbons (Fsp3) is 0.462. The molecule has 100 valence electrons. The van der Waals surface area contributed by atoms with E-state index in [1.807, 2.05) is 13.0 Å². The van der Waals surface area contributed by atoms with Crippen molar-refractivity contribution in [2.45, 2.75) is 19.4 Å². The number of carbonyl (C=O) groups is 1. The van der Waals surface area contributed by atoms with Crippen molar-refractivity contribution in [2.75, 3.05) is 19.0 Å². The quantitative estimate of drug-likeness (QED) is 0.812. The normalized spacial score (nSPS) is 12.2. The summed E-state index contributed by atoms with van der Waals surface area (Å²) < 4.78 is 5.09. The number of nitrogens with one attached hydrogen (secondary N) is 1. The highest BCUT2D eigenvalue weighted by Gasteiger charge is 2.15. The molecule has 0 aliphatic carbocycles. The molecular formula is C13H17BrClNO2. The lowest BCUT2D eigenvalue weighted by molar-refractivity contribution is 0.0895. The van der Waals surface area contributed by atoms with E-state index in [4.69, 9.17) is 16.3 Å². The maximum atomic E-state index is 12.1. The molecule has 1 unspecified atom stereocenters. The molecule has 0 saturated carbocycles. The van der Waals surface area contributed by atoms with Crippen molar-refractivity contribution in [3.05, 3.63) is 34.3 Å². The second-order valence-electron chi connectivity index (χ2n) is 4.06. The van der Waals surface area contributed by atoms with Crippen LogP contribution in [0, 0.1) is 6.92 Å². The predicted octanol–water partition coefficient (Wildman–Crippen LogP) is 3.18. The summed E-state index contributed by atoms with van der Waals surface area (Å²) in [5, 5.41) is 4.33. The van der Waals surface area contributed by atoms with Gasteiger partial charge in [-0.05, 0) is 31.0 Å². The minimum Gasteiger partial charge on any atom is -0.383 e. The number of ether oxygens (including phenoxy) is 1. The first-order valence-electron chi connectivity index (χ1n) is 5.70. The van der Waals surface area contributed by atoms with E-state index in [2.05, 4.69) is 21.2 Å². The summed E-state index contributed by atoms with van der Waals surface area (Å²) >= 11 is 9.27. The van der Waals surface area contributed by atoms with Crippen LogP contribution in [0.2, 0.25) is 5.02 Å². The summed E-state index contributed by atoms with van der Waals surface area (Å²) in [4.78, 5) is 12.1. The highest BCUT2D eigenvalue weighted by Crippen LogP contribution is 2.15. The molecule has 3 nitrogen and oxygen atoms in total. The van der Waals surface area contributed by atoms with Gasteiger partial charge in [0.1, 0.15) is 0 Å². The molecule has 0 heterocycles. The molecule has 0 aliphatic heterocycles. The van der Waals surface area contributed by atoms with Gasteiger partial charge in [-0.1, -0.05) is 33.6 Å². The predicted molar refractivity (Wildman–Crippen MR) is 77.7 cm³/mol. The smallest absolute Gasteiger partial charge is 0.251 e. The zero-order valence-electron chi connectivity index (χ0n) is 10.5. The number of hydrogen-bond donors (Lipinski definition) is 1. The number of aryl methyl sites for hydroxylation is 1. The van der Waals surface area contributed by atoms with Crippen LogP contribution >= 0.6 is 27.5 Å². The SMILES string of the molecule is COCC(CCBr)NC(=O)c1cc(Cl)ccc1C. The lowest BCUT2D eigenvalue weighted by Gasteiger charge is -2.17. The molecule has 1 rings (SSSR count). The van der Waals surface area contributed by atoms with Gasteiger partial charge in [-0.15, -0.1) is 0 Å². The topological polar surface area (TPSA) is 38.3 Å². The zero-order valence-corrected chi connectivity index (χ0v) is 12.8. The number of alkyl halides is 1. The minimum absolute atomic E-state index is 0.000238. The van der Waals surface area contributed by atoms with Crippen LogP contribution in [-0.2, 0) is 4.74 Å². The van der Waals surface area contributed by atoms with Gasteiger partial charge >= 0.3 is 0 Å². The maximum absolute atomic E-state index is 12.1.